The molecule has 3 rings (SSSR count). The number of benzene rings is 3. The fourth-order valence-electron chi connectivity index (χ4n) is 3.17. The summed E-state index contributed by atoms with van der Waals surface area (Å²) in [6.07, 6.45) is 1.56. The molecule has 0 aliphatic heterocycles. The molecular formula is C27H28IN3O5. The van der Waals surface area contributed by atoms with E-state index >= 15 is 0 Å². The van der Waals surface area contributed by atoms with Gasteiger partial charge in [-0.15, -0.1) is 0 Å². The highest BCUT2D eigenvalue weighted by atomic mass is 127. The molecule has 8 nitrogen and oxygen atoms in total. The van der Waals surface area contributed by atoms with Crippen molar-refractivity contribution in [3.05, 3.63) is 81.4 Å². The SMILES string of the molecule is CCOc1ccc(NC(=O)CCC(=O)NN=Cc2cc(I)c(OCc3ccccc3)c(OC)c2)cc1. The minimum Gasteiger partial charge on any atom is -0.494 e. The smallest absolute Gasteiger partial charge is 0.240 e. The molecule has 0 heterocycles. The van der Waals surface area contributed by atoms with Crippen molar-refractivity contribution in [3.63, 3.8) is 0 Å². The van der Waals surface area contributed by atoms with Crippen LogP contribution < -0.4 is 25.0 Å². The fraction of sp³-hybridized carbons (Fsp3) is 0.222. The molecule has 0 saturated carbocycles. The van der Waals surface area contributed by atoms with E-state index in [1.54, 1.807) is 37.4 Å². The van der Waals surface area contributed by atoms with Crippen molar-refractivity contribution >= 4 is 46.3 Å². The van der Waals surface area contributed by atoms with E-state index in [1.165, 1.54) is 6.21 Å². The molecule has 0 aromatic heterocycles. The van der Waals surface area contributed by atoms with E-state index in [0.717, 1.165) is 20.4 Å². The van der Waals surface area contributed by atoms with Crippen LogP contribution in [0.5, 0.6) is 17.2 Å². The lowest BCUT2D eigenvalue weighted by molar-refractivity contribution is -0.124. The number of anilines is 1. The maximum absolute atomic E-state index is 12.1. The van der Waals surface area contributed by atoms with E-state index in [9.17, 15) is 9.59 Å². The number of hydrazone groups is 1. The Morgan fingerprint density at radius 3 is 2.39 bits per heavy atom. The zero-order valence-electron chi connectivity index (χ0n) is 20.1. The van der Waals surface area contributed by atoms with Gasteiger partial charge in [0.25, 0.3) is 0 Å². The van der Waals surface area contributed by atoms with Crippen LogP contribution in [0, 0.1) is 3.57 Å². The van der Waals surface area contributed by atoms with Gasteiger partial charge in [-0.05, 0) is 77.0 Å². The molecule has 0 spiro atoms. The van der Waals surface area contributed by atoms with Gasteiger partial charge in [-0.1, -0.05) is 30.3 Å². The van der Waals surface area contributed by atoms with Crippen LogP contribution in [0.2, 0.25) is 0 Å². The maximum atomic E-state index is 12.1. The molecule has 0 aliphatic rings. The van der Waals surface area contributed by atoms with Gasteiger partial charge in [0.1, 0.15) is 12.4 Å². The second-order valence-corrected chi connectivity index (χ2v) is 8.77. The predicted molar refractivity (Wildman–Crippen MR) is 148 cm³/mol. The number of rotatable bonds is 12. The number of methoxy groups -OCH3 is 1. The summed E-state index contributed by atoms with van der Waals surface area (Å²) in [5.41, 5.74) is 4.88. The lowest BCUT2D eigenvalue weighted by Gasteiger charge is -2.13. The van der Waals surface area contributed by atoms with Gasteiger partial charge in [-0.25, -0.2) is 5.43 Å². The largest absolute Gasteiger partial charge is 0.494 e. The summed E-state index contributed by atoms with van der Waals surface area (Å²) >= 11 is 2.17. The molecule has 0 saturated heterocycles. The zero-order chi connectivity index (χ0) is 25.8. The summed E-state index contributed by atoms with van der Waals surface area (Å²) < 4.78 is 17.7. The van der Waals surface area contributed by atoms with Crippen LogP contribution in [0.1, 0.15) is 30.9 Å². The Kier molecular flexibility index (Phi) is 10.6. The van der Waals surface area contributed by atoms with Crippen molar-refractivity contribution in [3.8, 4) is 17.2 Å². The van der Waals surface area contributed by atoms with Crippen LogP contribution in [0.15, 0.2) is 71.8 Å². The summed E-state index contributed by atoms with van der Waals surface area (Å²) in [6, 6.07) is 20.6. The van der Waals surface area contributed by atoms with Gasteiger partial charge < -0.3 is 19.5 Å². The van der Waals surface area contributed by atoms with Gasteiger partial charge in [0, 0.05) is 18.5 Å². The van der Waals surface area contributed by atoms with E-state index in [1.807, 2.05) is 43.3 Å². The highest BCUT2D eigenvalue weighted by Gasteiger charge is 2.12. The number of hydrogen-bond acceptors (Lipinski definition) is 6. The van der Waals surface area contributed by atoms with Crippen LogP contribution in [0.25, 0.3) is 0 Å². The Hall–Kier alpha value is -3.60. The molecule has 0 fully saturated rings. The van der Waals surface area contributed by atoms with Crippen molar-refractivity contribution in [1.82, 2.24) is 5.43 Å². The molecule has 36 heavy (non-hydrogen) atoms. The number of amides is 2. The molecule has 0 radical (unpaired) electrons. The molecule has 0 bridgehead atoms. The highest BCUT2D eigenvalue weighted by molar-refractivity contribution is 14.1. The topological polar surface area (TPSA) is 98.2 Å². The highest BCUT2D eigenvalue weighted by Crippen LogP contribution is 2.34. The first-order valence-corrected chi connectivity index (χ1v) is 12.4. The monoisotopic (exact) mass is 601 g/mol. The van der Waals surface area contributed by atoms with Crippen molar-refractivity contribution in [1.29, 1.82) is 0 Å². The van der Waals surface area contributed by atoms with E-state index in [4.69, 9.17) is 14.2 Å². The van der Waals surface area contributed by atoms with Crippen LogP contribution >= 0.6 is 22.6 Å². The molecule has 0 atom stereocenters. The maximum Gasteiger partial charge on any atom is 0.240 e. The summed E-state index contributed by atoms with van der Waals surface area (Å²) in [5.74, 6) is 1.31. The lowest BCUT2D eigenvalue weighted by atomic mass is 10.2. The van der Waals surface area contributed by atoms with E-state index in [2.05, 4.69) is 38.4 Å². The molecule has 2 amide bonds. The van der Waals surface area contributed by atoms with Crippen LogP contribution in [0.3, 0.4) is 0 Å². The summed E-state index contributed by atoms with van der Waals surface area (Å²) in [7, 11) is 1.57. The number of hydrogen-bond donors (Lipinski definition) is 2. The Bertz CT molecular complexity index is 1180. The van der Waals surface area contributed by atoms with Gasteiger partial charge in [0.2, 0.25) is 11.8 Å². The number of carbonyl (C=O) groups excluding carboxylic acids is 2. The molecule has 188 valence electrons. The van der Waals surface area contributed by atoms with Crippen LogP contribution in [-0.2, 0) is 16.2 Å². The Morgan fingerprint density at radius 2 is 1.69 bits per heavy atom. The fourth-order valence-corrected chi connectivity index (χ4v) is 3.95. The van der Waals surface area contributed by atoms with Crippen molar-refractivity contribution < 1.29 is 23.8 Å². The third-order valence-electron chi connectivity index (χ3n) is 4.91. The van der Waals surface area contributed by atoms with Crippen LogP contribution in [0.4, 0.5) is 5.69 Å². The number of halogens is 1. The lowest BCUT2D eigenvalue weighted by Crippen LogP contribution is -2.20. The second kappa shape index (κ2) is 14.1. The summed E-state index contributed by atoms with van der Waals surface area (Å²) in [5, 5.41) is 6.75. The van der Waals surface area contributed by atoms with Gasteiger partial charge in [-0.3, -0.25) is 9.59 Å². The number of nitrogens with one attached hydrogen (secondary N) is 2. The number of ether oxygens (including phenoxy) is 3. The Morgan fingerprint density at radius 1 is 0.972 bits per heavy atom. The third-order valence-corrected chi connectivity index (χ3v) is 5.71. The molecule has 0 unspecified atom stereocenters. The summed E-state index contributed by atoms with van der Waals surface area (Å²) in [6.45, 7) is 2.90. The average molecular weight is 601 g/mol. The summed E-state index contributed by atoms with van der Waals surface area (Å²) in [4.78, 5) is 24.2. The Balaban J connectivity index is 1.47. The Labute approximate surface area is 224 Å². The molecule has 9 heteroatoms. The standard InChI is InChI=1S/C27H28IN3O5/c1-3-35-22-11-9-21(10-12-22)30-25(32)13-14-26(33)31-29-17-20-15-23(28)27(24(16-20)34-2)36-18-19-7-5-4-6-8-19/h4-12,15-17H,3,13-14,18H2,1-2H3,(H,30,32)(H,31,33). The normalized spacial score (nSPS) is 10.6. The van der Waals surface area contributed by atoms with Crippen molar-refractivity contribution in [2.45, 2.75) is 26.4 Å². The van der Waals surface area contributed by atoms with Crippen molar-refractivity contribution in [2.75, 3.05) is 19.0 Å². The van der Waals surface area contributed by atoms with Gasteiger partial charge in [0.15, 0.2) is 11.5 Å². The molecule has 3 aromatic rings. The minimum atomic E-state index is -0.363. The predicted octanol–water partition coefficient (Wildman–Crippen LogP) is 5.15. The third kappa shape index (κ3) is 8.56. The van der Waals surface area contributed by atoms with E-state index < -0.39 is 0 Å². The van der Waals surface area contributed by atoms with Crippen molar-refractivity contribution in [2.24, 2.45) is 5.10 Å². The minimum absolute atomic E-state index is 0.00726. The van der Waals surface area contributed by atoms with Crippen LogP contribution in [-0.4, -0.2) is 31.7 Å². The van der Waals surface area contributed by atoms with E-state index in [0.29, 0.717) is 30.4 Å². The first-order valence-electron chi connectivity index (χ1n) is 11.4. The molecule has 0 aliphatic carbocycles. The quantitative estimate of drug-likeness (QED) is 0.170. The second-order valence-electron chi connectivity index (χ2n) is 7.61. The molecule has 2 N–H and O–H groups in total. The molecule has 3 aromatic carbocycles. The molecular weight excluding hydrogens is 573 g/mol. The first kappa shape index (κ1) is 27.0. The average Bonchev–Trinajstić information content (AvgIpc) is 2.88. The van der Waals surface area contributed by atoms with Gasteiger partial charge >= 0.3 is 0 Å². The van der Waals surface area contributed by atoms with Gasteiger partial charge in [-0.2, -0.15) is 5.10 Å². The van der Waals surface area contributed by atoms with Gasteiger partial charge in [0.05, 0.1) is 23.5 Å². The van der Waals surface area contributed by atoms with E-state index in [-0.39, 0.29) is 24.7 Å². The zero-order valence-corrected chi connectivity index (χ0v) is 22.3. The first-order chi connectivity index (χ1) is 17.5. The number of carbonyl (C=O) groups is 2. The number of nitrogens with zero attached hydrogens (tertiary/aromatic N) is 1.